The largest absolute Gasteiger partial charge is 0.368 e. The Bertz CT molecular complexity index is 313. The predicted molar refractivity (Wildman–Crippen MR) is 116 cm³/mol. The Morgan fingerprint density at radius 1 is 0.586 bits per heavy atom. The van der Waals surface area contributed by atoms with Crippen LogP contribution in [0.25, 0.3) is 0 Å². The molecule has 29 heavy (non-hydrogen) atoms. The van der Waals surface area contributed by atoms with Gasteiger partial charge in [0, 0.05) is 0 Å². The first-order valence-corrected chi connectivity index (χ1v) is 12.0. The molecule has 0 aliphatic carbocycles. The van der Waals surface area contributed by atoms with E-state index in [1.165, 1.54) is 32.1 Å². The van der Waals surface area contributed by atoms with Crippen LogP contribution in [0.2, 0.25) is 0 Å². The zero-order valence-corrected chi connectivity index (χ0v) is 20.0. The predicted octanol–water partition coefficient (Wildman–Crippen LogP) is 7.13. The second-order valence-electron chi connectivity index (χ2n) is 7.87. The Hall–Kier alpha value is -0.240. The van der Waals surface area contributed by atoms with Gasteiger partial charge in [0.05, 0.1) is 25.7 Å². The molecule has 0 saturated heterocycles. The quantitative estimate of drug-likeness (QED) is 0.0803. The van der Waals surface area contributed by atoms with Gasteiger partial charge in [-0.05, 0) is 31.6 Å². The number of rotatable bonds is 22. The summed E-state index contributed by atoms with van der Waals surface area (Å²) < 4.78 is 0. The fourth-order valence-corrected chi connectivity index (χ4v) is 3.09. The minimum Gasteiger partial charge on any atom is -0.231 e. The average molecular weight is 421 g/mol. The first-order chi connectivity index (χ1) is 14.1. The molecule has 0 bridgehead atoms. The van der Waals surface area contributed by atoms with Crippen LogP contribution < -0.4 is 0 Å². The van der Waals surface area contributed by atoms with Crippen LogP contribution in [0.15, 0.2) is 0 Å². The summed E-state index contributed by atoms with van der Waals surface area (Å²) in [6.45, 7) is 14.0. The number of hydrogen-bond acceptors (Lipinski definition) is 6. The van der Waals surface area contributed by atoms with Crippen molar-refractivity contribution < 1.29 is 29.3 Å². The molecule has 0 heterocycles. The molecule has 0 aromatic heterocycles. The van der Waals surface area contributed by atoms with Crippen LogP contribution in [0, 0.1) is 11.8 Å². The molecule has 176 valence electrons. The van der Waals surface area contributed by atoms with Gasteiger partial charge < -0.3 is 0 Å². The lowest BCUT2D eigenvalue weighted by Crippen LogP contribution is -2.49. The Kier molecular flexibility index (Phi) is 19.5. The van der Waals surface area contributed by atoms with Gasteiger partial charge in [-0.15, -0.1) is 0 Å². The zero-order valence-electron chi connectivity index (χ0n) is 20.0. The molecule has 0 rings (SSSR count). The molecule has 2 atom stereocenters. The molecule has 6 heteroatoms. The molecule has 0 aliphatic rings. The highest BCUT2D eigenvalue weighted by Gasteiger charge is 2.49. The van der Waals surface area contributed by atoms with E-state index in [2.05, 4.69) is 20.8 Å². The lowest BCUT2D eigenvalue weighted by atomic mass is 9.85. The molecule has 0 amide bonds. The summed E-state index contributed by atoms with van der Waals surface area (Å²) in [5, 5.41) is 0. The highest BCUT2D eigenvalue weighted by Crippen LogP contribution is 2.38. The van der Waals surface area contributed by atoms with E-state index in [4.69, 9.17) is 29.3 Å². The standard InChI is InChI=1S/C23H48O6/c1-7-12-13-14-15-16-17-22(21(6)11-5)23(27-24-18-8-2,28-25-19-9-3)29-26-20-10-4/h21-22H,7-20H2,1-6H3. The third-order valence-electron chi connectivity index (χ3n) is 5.04. The molecule has 0 aromatic carbocycles. The van der Waals surface area contributed by atoms with Crippen LogP contribution in [0.5, 0.6) is 0 Å². The van der Waals surface area contributed by atoms with Gasteiger partial charge in [-0.1, -0.05) is 86.5 Å². The minimum absolute atomic E-state index is 0.0794. The third kappa shape index (κ3) is 12.9. The fraction of sp³-hybridized carbons (Fsp3) is 1.00. The maximum Gasteiger partial charge on any atom is 0.368 e. The first kappa shape index (κ1) is 28.8. The summed E-state index contributed by atoms with van der Waals surface area (Å²) in [6, 6.07) is 0. The average Bonchev–Trinajstić information content (AvgIpc) is 2.73. The highest BCUT2D eigenvalue weighted by molar-refractivity contribution is 4.74. The van der Waals surface area contributed by atoms with Gasteiger partial charge in [0.25, 0.3) is 0 Å². The van der Waals surface area contributed by atoms with Crippen molar-refractivity contribution in [1.29, 1.82) is 0 Å². The normalized spacial score (nSPS) is 14.3. The lowest BCUT2D eigenvalue weighted by Gasteiger charge is -2.38. The van der Waals surface area contributed by atoms with E-state index in [1.807, 2.05) is 20.8 Å². The van der Waals surface area contributed by atoms with Crippen LogP contribution >= 0.6 is 0 Å². The molecule has 0 aliphatic heterocycles. The Labute approximate surface area is 179 Å². The molecular weight excluding hydrogens is 372 g/mol. The van der Waals surface area contributed by atoms with Gasteiger partial charge in [0.1, 0.15) is 0 Å². The fourth-order valence-electron chi connectivity index (χ4n) is 3.09. The van der Waals surface area contributed by atoms with E-state index in [0.717, 1.165) is 38.5 Å². The van der Waals surface area contributed by atoms with E-state index in [0.29, 0.717) is 19.8 Å². The highest BCUT2D eigenvalue weighted by atomic mass is 17.4. The van der Waals surface area contributed by atoms with E-state index in [-0.39, 0.29) is 11.8 Å². The Morgan fingerprint density at radius 2 is 1.03 bits per heavy atom. The lowest BCUT2D eigenvalue weighted by molar-refractivity contribution is -0.645. The SMILES string of the molecule is CCCCCCCCC(C(C)CC)C(OOCCC)(OOCCC)OOCCC. The summed E-state index contributed by atoms with van der Waals surface area (Å²) in [6.07, 6.45) is 11.7. The number of unbranched alkanes of at least 4 members (excludes halogenated alkanes) is 5. The minimum atomic E-state index is -1.53. The molecule has 0 spiro atoms. The van der Waals surface area contributed by atoms with Crippen molar-refractivity contribution in [2.24, 2.45) is 11.8 Å². The van der Waals surface area contributed by atoms with Crippen LogP contribution in [-0.4, -0.2) is 25.8 Å². The van der Waals surface area contributed by atoms with E-state index in [9.17, 15) is 0 Å². The third-order valence-corrected chi connectivity index (χ3v) is 5.04. The number of hydrogen-bond donors (Lipinski definition) is 0. The van der Waals surface area contributed by atoms with Gasteiger partial charge in [-0.3, -0.25) is 0 Å². The van der Waals surface area contributed by atoms with Crippen molar-refractivity contribution in [2.75, 3.05) is 19.8 Å². The van der Waals surface area contributed by atoms with Crippen LogP contribution in [-0.2, 0) is 29.3 Å². The summed E-state index contributed by atoms with van der Waals surface area (Å²) >= 11 is 0. The van der Waals surface area contributed by atoms with Gasteiger partial charge >= 0.3 is 5.97 Å². The molecular formula is C23H48O6. The zero-order chi connectivity index (χ0) is 21.8. The second kappa shape index (κ2) is 19.7. The summed E-state index contributed by atoms with van der Waals surface area (Å²) in [5.74, 6) is -1.33. The first-order valence-electron chi connectivity index (χ1n) is 12.0. The van der Waals surface area contributed by atoms with Gasteiger partial charge in [0.2, 0.25) is 0 Å². The van der Waals surface area contributed by atoms with Crippen molar-refractivity contribution in [3.05, 3.63) is 0 Å². The van der Waals surface area contributed by atoms with Crippen molar-refractivity contribution in [3.63, 3.8) is 0 Å². The molecule has 0 fully saturated rings. The molecule has 0 N–H and O–H groups in total. The van der Waals surface area contributed by atoms with E-state index >= 15 is 0 Å². The molecule has 0 saturated carbocycles. The van der Waals surface area contributed by atoms with E-state index < -0.39 is 5.97 Å². The second-order valence-corrected chi connectivity index (χ2v) is 7.87. The topological polar surface area (TPSA) is 55.4 Å². The van der Waals surface area contributed by atoms with Crippen molar-refractivity contribution in [3.8, 4) is 0 Å². The molecule has 6 nitrogen and oxygen atoms in total. The molecule has 0 aromatic rings. The van der Waals surface area contributed by atoms with E-state index in [1.54, 1.807) is 0 Å². The van der Waals surface area contributed by atoms with Crippen LogP contribution in [0.3, 0.4) is 0 Å². The van der Waals surface area contributed by atoms with Gasteiger partial charge in [-0.25, -0.2) is 14.7 Å². The van der Waals surface area contributed by atoms with Crippen molar-refractivity contribution >= 4 is 0 Å². The monoisotopic (exact) mass is 420 g/mol. The van der Waals surface area contributed by atoms with Gasteiger partial charge in [0.15, 0.2) is 0 Å². The molecule has 0 radical (unpaired) electrons. The Morgan fingerprint density at radius 3 is 1.45 bits per heavy atom. The molecule has 2 unspecified atom stereocenters. The van der Waals surface area contributed by atoms with Gasteiger partial charge in [-0.2, -0.15) is 14.7 Å². The summed E-state index contributed by atoms with van der Waals surface area (Å²) in [5.41, 5.74) is 0. The van der Waals surface area contributed by atoms with Crippen molar-refractivity contribution in [1.82, 2.24) is 0 Å². The smallest absolute Gasteiger partial charge is 0.231 e. The van der Waals surface area contributed by atoms with Crippen molar-refractivity contribution in [2.45, 2.75) is 118 Å². The maximum atomic E-state index is 5.75. The summed E-state index contributed by atoms with van der Waals surface area (Å²) in [4.78, 5) is 33.6. The Balaban J connectivity index is 5.30. The van der Waals surface area contributed by atoms with Crippen LogP contribution in [0.4, 0.5) is 0 Å². The summed E-state index contributed by atoms with van der Waals surface area (Å²) in [7, 11) is 0. The van der Waals surface area contributed by atoms with Crippen LogP contribution in [0.1, 0.15) is 112 Å². The maximum absolute atomic E-state index is 5.75.